The van der Waals surface area contributed by atoms with Gasteiger partial charge in [0.15, 0.2) is 5.69 Å². The summed E-state index contributed by atoms with van der Waals surface area (Å²) in [6.07, 6.45) is 4.30. The van der Waals surface area contributed by atoms with Gasteiger partial charge in [0.25, 0.3) is 5.91 Å². The molecule has 2 N–H and O–H groups in total. The predicted octanol–water partition coefficient (Wildman–Crippen LogP) is 2.05. The van der Waals surface area contributed by atoms with E-state index in [0.717, 1.165) is 36.9 Å². The van der Waals surface area contributed by atoms with Crippen molar-refractivity contribution in [2.45, 2.75) is 52.2 Å². The molecule has 1 aliphatic carbocycles. The monoisotopic (exact) mass is 314 g/mol. The first-order valence-electron chi connectivity index (χ1n) is 8.04. The van der Waals surface area contributed by atoms with Crippen LogP contribution in [0.3, 0.4) is 0 Å². The van der Waals surface area contributed by atoms with Gasteiger partial charge in [0.1, 0.15) is 5.69 Å². The molecule has 122 valence electrons. The molecule has 0 unspecified atom stereocenters. The van der Waals surface area contributed by atoms with E-state index in [0.29, 0.717) is 5.69 Å². The van der Waals surface area contributed by atoms with Crippen LogP contribution >= 0.6 is 0 Å². The zero-order chi connectivity index (χ0) is 16.4. The van der Waals surface area contributed by atoms with Gasteiger partial charge in [-0.1, -0.05) is 18.9 Å². The molecule has 1 aromatic heterocycles. The number of hydrogen-bond acceptors (Lipinski definition) is 4. The van der Waals surface area contributed by atoms with Gasteiger partial charge in [0.05, 0.1) is 12.3 Å². The highest BCUT2D eigenvalue weighted by Gasteiger charge is 2.23. The van der Waals surface area contributed by atoms with Gasteiger partial charge in [0.2, 0.25) is 0 Å². The summed E-state index contributed by atoms with van der Waals surface area (Å²) >= 11 is 0. The Labute approximate surface area is 135 Å². The van der Waals surface area contributed by atoms with Crippen molar-refractivity contribution in [3.63, 3.8) is 0 Å². The second kappa shape index (κ2) is 6.50. The van der Waals surface area contributed by atoms with Crippen molar-refractivity contribution >= 4 is 5.91 Å². The summed E-state index contributed by atoms with van der Waals surface area (Å²) in [5, 5.41) is 21.0. The molecule has 3 rings (SSSR count). The van der Waals surface area contributed by atoms with Crippen LogP contribution in [0.1, 0.15) is 53.0 Å². The first-order chi connectivity index (χ1) is 11.1. The van der Waals surface area contributed by atoms with Crippen molar-refractivity contribution in [1.82, 2.24) is 20.3 Å². The standard InChI is InChI=1S/C17H22N4O2/c1-11-7-8-14(9-12(11)2)21-19-15(10-22)16(20-21)17(23)18-13-5-3-4-6-13/h7-9,13,22H,3-6,10H2,1-2H3,(H,18,23). The van der Waals surface area contributed by atoms with Gasteiger partial charge in [-0.05, 0) is 49.9 Å². The topological polar surface area (TPSA) is 80.0 Å². The highest BCUT2D eigenvalue weighted by atomic mass is 16.3. The summed E-state index contributed by atoms with van der Waals surface area (Å²) in [6, 6.07) is 6.07. The number of nitrogens with zero attached hydrogens (tertiary/aromatic N) is 3. The normalized spacial score (nSPS) is 15.1. The smallest absolute Gasteiger partial charge is 0.274 e. The van der Waals surface area contributed by atoms with E-state index in [-0.39, 0.29) is 24.2 Å². The van der Waals surface area contributed by atoms with Gasteiger partial charge in [-0.3, -0.25) is 4.79 Å². The molecule has 23 heavy (non-hydrogen) atoms. The fourth-order valence-electron chi connectivity index (χ4n) is 2.91. The lowest BCUT2D eigenvalue weighted by Gasteiger charge is -2.10. The van der Waals surface area contributed by atoms with E-state index >= 15 is 0 Å². The summed E-state index contributed by atoms with van der Waals surface area (Å²) in [5.41, 5.74) is 3.60. The number of aliphatic hydroxyl groups excluding tert-OH is 1. The molecule has 0 aliphatic heterocycles. The van der Waals surface area contributed by atoms with Gasteiger partial charge in [-0.15, -0.1) is 10.2 Å². The Kier molecular flexibility index (Phi) is 4.43. The first kappa shape index (κ1) is 15.7. The lowest BCUT2D eigenvalue weighted by molar-refractivity contribution is 0.0929. The highest BCUT2D eigenvalue weighted by Crippen LogP contribution is 2.19. The summed E-state index contributed by atoms with van der Waals surface area (Å²) in [4.78, 5) is 13.8. The van der Waals surface area contributed by atoms with E-state index in [1.807, 2.05) is 32.0 Å². The molecule has 1 fully saturated rings. The van der Waals surface area contributed by atoms with Crippen molar-refractivity contribution in [2.75, 3.05) is 0 Å². The lowest BCUT2D eigenvalue weighted by Crippen LogP contribution is -2.33. The molecule has 6 heteroatoms. The Hall–Kier alpha value is -2.21. The fraction of sp³-hybridized carbons (Fsp3) is 0.471. The van der Waals surface area contributed by atoms with Crippen molar-refractivity contribution in [1.29, 1.82) is 0 Å². The largest absolute Gasteiger partial charge is 0.390 e. The van der Waals surface area contributed by atoms with E-state index < -0.39 is 0 Å². The predicted molar refractivity (Wildman–Crippen MR) is 86.5 cm³/mol. The molecule has 1 aromatic carbocycles. The zero-order valence-corrected chi connectivity index (χ0v) is 13.5. The Balaban J connectivity index is 1.87. The Morgan fingerprint density at radius 1 is 1.26 bits per heavy atom. The molecule has 1 heterocycles. The molecule has 1 saturated carbocycles. The van der Waals surface area contributed by atoms with Crippen molar-refractivity contribution in [3.05, 3.63) is 40.7 Å². The third kappa shape index (κ3) is 3.27. The fourth-order valence-corrected chi connectivity index (χ4v) is 2.91. The highest BCUT2D eigenvalue weighted by molar-refractivity contribution is 5.93. The van der Waals surface area contributed by atoms with Gasteiger partial charge >= 0.3 is 0 Å². The number of aryl methyl sites for hydroxylation is 2. The number of rotatable bonds is 4. The third-order valence-corrected chi connectivity index (χ3v) is 4.46. The SMILES string of the molecule is Cc1ccc(-n2nc(CO)c(C(=O)NC3CCCC3)n2)cc1C. The van der Waals surface area contributed by atoms with Gasteiger partial charge < -0.3 is 10.4 Å². The van der Waals surface area contributed by atoms with Crippen LogP contribution in [-0.2, 0) is 6.61 Å². The molecule has 6 nitrogen and oxygen atoms in total. The van der Waals surface area contributed by atoms with Crippen molar-refractivity contribution in [2.24, 2.45) is 0 Å². The molecule has 0 saturated heterocycles. The Bertz CT molecular complexity index is 717. The lowest BCUT2D eigenvalue weighted by atomic mass is 10.1. The maximum atomic E-state index is 12.4. The zero-order valence-electron chi connectivity index (χ0n) is 13.5. The number of aromatic nitrogens is 3. The molecule has 1 amide bonds. The van der Waals surface area contributed by atoms with Crippen LogP contribution in [0.4, 0.5) is 0 Å². The number of carbonyl (C=O) groups excluding carboxylic acids is 1. The van der Waals surface area contributed by atoms with E-state index in [9.17, 15) is 9.90 Å². The van der Waals surface area contributed by atoms with Crippen LogP contribution in [0.5, 0.6) is 0 Å². The van der Waals surface area contributed by atoms with Crippen LogP contribution in [0.15, 0.2) is 18.2 Å². The third-order valence-electron chi connectivity index (χ3n) is 4.46. The molecule has 0 bridgehead atoms. The summed E-state index contributed by atoms with van der Waals surface area (Å²) < 4.78 is 0. The number of carbonyl (C=O) groups is 1. The summed E-state index contributed by atoms with van der Waals surface area (Å²) in [6.45, 7) is 3.75. The summed E-state index contributed by atoms with van der Waals surface area (Å²) in [5.74, 6) is -0.254. The number of amides is 1. The number of benzene rings is 1. The molecule has 0 radical (unpaired) electrons. The maximum absolute atomic E-state index is 12.4. The number of aliphatic hydroxyl groups is 1. The minimum Gasteiger partial charge on any atom is -0.390 e. The van der Waals surface area contributed by atoms with Crippen LogP contribution in [-0.4, -0.2) is 32.0 Å². The Morgan fingerprint density at radius 3 is 2.65 bits per heavy atom. The second-order valence-electron chi connectivity index (χ2n) is 6.17. The quantitative estimate of drug-likeness (QED) is 0.905. The first-order valence-corrected chi connectivity index (χ1v) is 8.04. The van der Waals surface area contributed by atoms with E-state index in [1.165, 1.54) is 10.4 Å². The van der Waals surface area contributed by atoms with Crippen LogP contribution < -0.4 is 5.32 Å². The second-order valence-corrected chi connectivity index (χ2v) is 6.17. The molecular weight excluding hydrogens is 292 g/mol. The number of nitrogens with one attached hydrogen (secondary N) is 1. The average molecular weight is 314 g/mol. The van der Waals surface area contributed by atoms with Crippen LogP contribution in [0.2, 0.25) is 0 Å². The van der Waals surface area contributed by atoms with Crippen molar-refractivity contribution in [3.8, 4) is 5.69 Å². The summed E-state index contributed by atoms with van der Waals surface area (Å²) in [7, 11) is 0. The van der Waals surface area contributed by atoms with Crippen LogP contribution in [0, 0.1) is 13.8 Å². The van der Waals surface area contributed by atoms with Crippen molar-refractivity contribution < 1.29 is 9.90 Å². The minimum atomic E-state index is -0.307. The molecular formula is C17H22N4O2. The molecule has 1 aliphatic rings. The average Bonchev–Trinajstić information content (AvgIpc) is 3.19. The van der Waals surface area contributed by atoms with Crippen LogP contribution in [0.25, 0.3) is 5.69 Å². The van der Waals surface area contributed by atoms with Gasteiger partial charge in [-0.25, -0.2) is 0 Å². The molecule has 0 spiro atoms. The van der Waals surface area contributed by atoms with E-state index in [2.05, 4.69) is 15.5 Å². The van der Waals surface area contributed by atoms with E-state index in [1.54, 1.807) is 0 Å². The molecule has 0 atom stereocenters. The van der Waals surface area contributed by atoms with E-state index in [4.69, 9.17) is 0 Å². The minimum absolute atomic E-state index is 0.206. The molecule has 2 aromatic rings. The van der Waals surface area contributed by atoms with Gasteiger partial charge in [-0.2, -0.15) is 4.80 Å². The number of hydrogen-bond donors (Lipinski definition) is 2. The van der Waals surface area contributed by atoms with Gasteiger partial charge in [0, 0.05) is 6.04 Å². The Morgan fingerprint density at radius 2 is 2.00 bits per heavy atom. The maximum Gasteiger partial charge on any atom is 0.274 e.